The summed E-state index contributed by atoms with van der Waals surface area (Å²) in [6.07, 6.45) is 1.31. The monoisotopic (exact) mass is 193 g/mol. The minimum atomic E-state index is 0.288. The van der Waals surface area contributed by atoms with Crippen LogP contribution in [-0.4, -0.2) is 19.8 Å². The normalized spacial score (nSPS) is 19.1. The first-order valence-electron chi connectivity index (χ1n) is 4.92. The Hall–Kier alpha value is -1.38. The quantitative estimate of drug-likeness (QED) is 0.781. The SMILES string of the molecule is CCC1CNc2cc(OC)ccc2O1. The van der Waals surface area contributed by atoms with Crippen LogP contribution in [0.5, 0.6) is 11.5 Å². The average Bonchev–Trinajstić information content (AvgIpc) is 2.27. The van der Waals surface area contributed by atoms with E-state index in [0.29, 0.717) is 0 Å². The number of methoxy groups -OCH3 is 1. The van der Waals surface area contributed by atoms with E-state index in [9.17, 15) is 0 Å². The number of rotatable bonds is 2. The van der Waals surface area contributed by atoms with E-state index in [0.717, 1.165) is 30.2 Å². The molecule has 0 bridgehead atoms. The number of hydrogen-bond acceptors (Lipinski definition) is 3. The summed E-state index contributed by atoms with van der Waals surface area (Å²) >= 11 is 0. The van der Waals surface area contributed by atoms with Crippen LogP contribution in [0.3, 0.4) is 0 Å². The Labute approximate surface area is 84.0 Å². The molecule has 1 aliphatic rings. The third-order valence-electron chi connectivity index (χ3n) is 2.46. The molecule has 0 fully saturated rings. The van der Waals surface area contributed by atoms with E-state index in [2.05, 4.69) is 12.2 Å². The van der Waals surface area contributed by atoms with Gasteiger partial charge in [0.1, 0.15) is 17.6 Å². The number of ether oxygens (including phenoxy) is 2. The van der Waals surface area contributed by atoms with E-state index in [-0.39, 0.29) is 6.10 Å². The summed E-state index contributed by atoms with van der Waals surface area (Å²) in [7, 11) is 1.67. The van der Waals surface area contributed by atoms with E-state index in [1.807, 2.05) is 18.2 Å². The Bertz CT molecular complexity index is 325. The highest BCUT2D eigenvalue weighted by Gasteiger charge is 2.17. The maximum absolute atomic E-state index is 5.76. The molecule has 3 nitrogen and oxygen atoms in total. The van der Waals surface area contributed by atoms with Crippen molar-refractivity contribution in [1.29, 1.82) is 0 Å². The Morgan fingerprint density at radius 1 is 1.57 bits per heavy atom. The summed E-state index contributed by atoms with van der Waals surface area (Å²) in [6, 6.07) is 5.82. The Morgan fingerprint density at radius 3 is 3.14 bits per heavy atom. The first-order valence-corrected chi connectivity index (χ1v) is 4.92. The molecule has 0 radical (unpaired) electrons. The van der Waals surface area contributed by atoms with Crippen LogP contribution in [0.15, 0.2) is 18.2 Å². The summed E-state index contributed by atoms with van der Waals surface area (Å²) in [6.45, 7) is 3.00. The van der Waals surface area contributed by atoms with Crippen LogP contribution in [0.1, 0.15) is 13.3 Å². The fraction of sp³-hybridized carbons (Fsp3) is 0.455. The van der Waals surface area contributed by atoms with Gasteiger partial charge in [0.2, 0.25) is 0 Å². The van der Waals surface area contributed by atoms with Gasteiger partial charge in [-0.05, 0) is 18.6 Å². The Balaban J connectivity index is 2.23. The van der Waals surface area contributed by atoms with Gasteiger partial charge in [-0.2, -0.15) is 0 Å². The molecule has 1 unspecified atom stereocenters. The molecule has 0 saturated heterocycles. The molecule has 1 aromatic rings. The first kappa shape index (κ1) is 9.19. The number of benzene rings is 1. The lowest BCUT2D eigenvalue weighted by Gasteiger charge is -2.26. The van der Waals surface area contributed by atoms with Crippen LogP contribution >= 0.6 is 0 Å². The van der Waals surface area contributed by atoms with Crippen LogP contribution in [0.2, 0.25) is 0 Å². The zero-order valence-corrected chi connectivity index (χ0v) is 8.54. The third kappa shape index (κ3) is 1.62. The lowest BCUT2D eigenvalue weighted by molar-refractivity contribution is 0.201. The molecule has 0 aromatic heterocycles. The smallest absolute Gasteiger partial charge is 0.143 e. The highest BCUT2D eigenvalue weighted by atomic mass is 16.5. The van der Waals surface area contributed by atoms with Gasteiger partial charge in [0.15, 0.2) is 0 Å². The highest BCUT2D eigenvalue weighted by molar-refractivity contribution is 5.61. The molecular weight excluding hydrogens is 178 g/mol. The maximum atomic E-state index is 5.76. The average molecular weight is 193 g/mol. The second-order valence-electron chi connectivity index (χ2n) is 3.39. The molecule has 76 valence electrons. The summed E-state index contributed by atoms with van der Waals surface area (Å²) < 4.78 is 10.9. The summed E-state index contributed by atoms with van der Waals surface area (Å²) in [5.74, 6) is 1.78. The van der Waals surface area contributed by atoms with Crippen molar-refractivity contribution in [3.8, 4) is 11.5 Å². The fourth-order valence-electron chi connectivity index (χ4n) is 1.55. The summed E-state index contributed by atoms with van der Waals surface area (Å²) in [5, 5.41) is 3.33. The van der Waals surface area contributed by atoms with Crippen LogP contribution < -0.4 is 14.8 Å². The Morgan fingerprint density at radius 2 is 2.43 bits per heavy atom. The molecular formula is C11H15NO2. The molecule has 3 heteroatoms. The van der Waals surface area contributed by atoms with Gasteiger partial charge < -0.3 is 14.8 Å². The standard InChI is InChI=1S/C11H15NO2/c1-3-8-7-12-10-6-9(13-2)4-5-11(10)14-8/h4-6,8,12H,3,7H2,1-2H3. The molecule has 14 heavy (non-hydrogen) atoms. The van der Waals surface area contributed by atoms with Crippen molar-refractivity contribution in [2.45, 2.75) is 19.4 Å². The minimum absolute atomic E-state index is 0.288. The predicted molar refractivity (Wildman–Crippen MR) is 56.2 cm³/mol. The maximum Gasteiger partial charge on any atom is 0.143 e. The fourth-order valence-corrected chi connectivity index (χ4v) is 1.55. The Kier molecular flexibility index (Phi) is 2.48. The van der Waals surface area contributed by atoms with Crippen molar-refractivity contribution in [3.05, 3.63) is 18.2 Å². The molecule has 1 heterocycles. The van der Waals surface area contributed by atoms with E-state index < -0.39 is 0 Å². The second kappa shape index (κ2) is 3.78. The van der Waals surface area contributed by atoms with Crippen molar-refractivity contribution in [3.63, 3.8) is 0 Å². The van der Waals surface area contributed by atoms with E-state index in [4.69, 9.17) is 9.47 Å². The van der Waals surface area contributed by atoms with Crippen molar-refractivity contribution < 1.29 is 9.47 Å². The van der Waals surface area contributed by atoms with E-state index in [1.54, 1.807) is 7.11 Å². The summed E-state index contributed by atoms with van der Waals surface area (Å²) in [5.41, 5.74) is 1.02. The number of fused-ring (bicyclic) bond motifs is 1. The van der Waals surface area contributed by atoms with Crippen molar-refractivity contribution in [2.24, 2.45) is 0 Å². The van der Waals surface area contributed by atoms with Gasteiger partial charge in [-0.15, -0.1) is 0 Å². The number of nitrogens with one attached hydrogen (secondary N) is 1. The molecule has 0 saturated carbocycles. The largest absolute Gasteiger partial charge is 0.497 e. The zero-order chi connectivity index (χ0) is 9.97. The van der Waals surface area contributed by atoms with Crippen LogP contribution in [0.25, 0.3) is 0 Å². The van der Waals surface area contributed by atoms with Crippen LogP contribution in [-0.2, 0) is 0 Å². The van der Waals surface area contributed by atoms with Gasteiger partial charge in [0.25, 0.3) is 0 Å². The molecule has 1 atom stereocenters. The van der Waals surface area contributed by atoms with Crippen molar-refractivity contribution in [1.82, 2.24) is 0 Å². The van der Waals surface area contributed by atoms with Gasteiger partial charge in [-0.25, -0.2) is 0 Å². The van der Waals surface area contributed by atoms with Gasteiger partial charge in [-0.3, -0.25) is 0 Å². The van der Waals surface area contributed by atoms with E-state index in [1.165, 1.54) is 0 Å². The second-order valence-corrected chi connectivity index (χ2v) is 3.39. The topological polar surface area (TPSA) is 30.5 Å². The lowest BCUT2D eigenvalue weighted by Crippen LogP contribution is -2.29. The van der Waals surface area contributed by atoms with Gasteiger partial charge in [0.05, 0.1) is 19.3 Å². The minimum Gasteiger partial charge on any atom is -0.497 e. The van der Waals surface area contributed by atoms with Crippen LogP contribution in [0.4, 0.5) is 5.69 Å². The van der Waals surface area contributed by atoms with Crippen molar-refractivity contribution in [2.75, 3.05) is 19.0 Å². The third-order valence-corrected chi connectivity index (χ3v) is 2.46. The molecule has 0 amide bonds. The zero-order valence-electron chi connectivity index (χ0n) is 8.54. The van der Waals surface area contributed by atoms with Crippen molar-refractivity contribution >= 4 is 5.69 Å². The van der Waals surface area contributed by atoms with Crippen LogP contribution in [0, 0.1) is 0 Å². The van der Waals surface area contributed by atoms with Gasteiger partial charge in [0, 0.05) is 6.07 Å². The number of hydrogen-bond donors (Lipinski definition) is 1. The molecule has 1 aromatic carbocycles. The molecule has 2 rings (SSSR count). The van der Waals surface area contributed by atoms with E-state index >= 15 is 0 Å². The lowest BCUT2D eigenvalue weighted by atomic mass is 10.2. The molecule has 1 N–H and O–H groups in total. The molecule has 1 aliphatic heterocycles. The highest BCUT2D eigenvalue weighted by Crippen LogP contribution is 2.32. The number of anilines is 1. The predicted octanol–water partition coefficient (Wildman–Crippen LogP) is 2.28. The molecule has 0 spiro atoms. The van der Waals surface area contributed by atoms with Gasteiger partial charge >= 0.3 is 0 Å². The summed E-state index contributed by atoms with van der Waals surface area (Å²) in [4.78, 5) is 0. The first-order chi connectivity index (χ1) is 6.83. The van der Waals surface area contributed by atoms with Gasteiger partial charge in [-0.1, -0.05) is 6.92 Å². The molecule has 0 aliphatic carbocycles.